The van der Waals surface area contributed by atoms with Gasteiger partial charge in [0.05, 0.1) is 17.0 Å². The van der Waals surface area contributed by atoms with Gasteiger partial charge in [0.2, 0.25) is 0 Å². The normalized spacial score (nSPS) is 17.5. The highest BCUT2D eigenvalue weighted by Crippen LogP contribution is 2.57. The molecule has 0 unspecified atom stereocenters. The molecule has 4 nitrogen and oxygen atoms in total. The molecular weight excluding hydrogens is 290 g/mol. The zero-order chi connectivity index (χ0) is 17.1. The summed E-state index contributed by atoms with van der Waals surface area (Å²) in [5.41, 5.74) is -1.46. The molecule has 1 atom stereocenters. The van der Waals surface area contributed by atoms with Gasteiger partial charge in [0, 0.05) is 11.5 Å². The number of aliphatic hydroxyl groups is 1. The maximum Gasteiger partial charge on any atom is 0.335 e. The Bertz CT molecular complexity index is 699. The van der Waals surface area contributed by atoms with Gasteiger partial charge in [0.15, 0.2) is 0 Å². The number of hydrogen-bond donors (Lipinski definition) is 2. The van der Waals surface area contributed by atoms with Gasteiger partial charge in [-0.2, -0.15) is 5.26 Å². The third kappa shape index (κ3) is 3.09. The molecule has 0 amide bonds. The van der Waals surface area contributed by atoms with Gasteiger partial charge < -0.3 is 10.2 Å². The molecule has 2 rings (SSSR count). The Labute approximate surface area is 136 Å². The average molecular weight is 311 g/mol. The van der Waals surface area contributed by atoms with Gasteiger partial charge in [-0.05, 0) is 43.9 Å². The van der Waals surface area contributed by atoms with Crippen LogP contribution in [0, 0.1) is 34.5 Å². The van der Waals surface area contributed by atoms with Crippen LogP contribution in [0.3, 0.4) is 0 Å². The lowest BCUT2D eigenvalue weighted by Gasteiger charge is -2.34. The van der Waals surface area contributed by atoms with Crippen LogP contribution >= 0.6 is 0 Å². The number of benzene rings is 1. The zero-order valence-electron chi connectivity index (χ0n) is 13.5. The number of nitrogens with zero attached hydrogens (tertiary/aromatic N) is 1. The lowest BCUT2D eigenvalue weighted by Crippen LogP contribution is -2.44. The van der Waals surface area contributed by atoms with E-state index in [1.165, 1.54) is 12.1 Å². The summed E-state index contributed by atoms with van der Waals surface area (Å²) in [7, 11) is 0. The van der Waals surface area contributed by atoms with E-state index in [2.05, 4.69) is 17.9 Å². The minimum atomic E-state index is -1.36. The maximum atomic E-state index is 11.2. The molecule has 1 fully saturated rings. The Kier molecular flexibility index (Phi) is 4.78. The summed E-state index contributed by atoms with van der Waals surface area (Å²) in [6.07, 6.45) is 2.78. The van der Waals surface area contributed by atoms with Crippen LogP contribution in [0.2, 0.25) is 0 Å². The van der Waals surface area contributed by atoms with Gasteiger partial charge in [0.25, 0.3) is 0 Å². The first-order valence-electron chi connectivity index (χ1n) is 7.92. The van der Waals surface area contributed by atoms with E-state index in [0.29, 0.717) is 18.4 Å². The molecule has 0 aromatic heterocycles. The second-order valence-corrected chi connectivity index (χ2v) is 6.11. The Morgan fingerprint density at radius 2 is 2.04 bits per heavy atom. The number of carbonyl (C=O) groups is 1. The molecule has 2 N–H and O–H groups in total. The zero-order valence-corrected chi connectivity index (χ0v) is 13.5. The minimum Gasteiger partial charge on any atom is -0.478 e. The Balaban J connectivity index is 2.43. The molecule has 1 saturated carbocycles. The summed E-state index contributed by atoms with van der Waals surface area (Å²) in [5.74, 6) is 4.72. The predicted octanol–water partition coefficient (Wildman–Crippen LogP) is 3.21. The standard InChI is InChI=1S/C19H21NO3/c1-3-16(4-2)19(23,18(13-20)10-11-18)9-8-14-6-5-7-15(12-14)17(21)22/h5-7,12,16,23H,3-4,10-11H2,1-2H3,(H,21,22)/t19-/m0/s1. The monoisotopic (exact) mass is 311 g/mol. The highest BCUT2D eigenvalue weighted by Gasteiger charge is 2.61. The number of aromatic carboxylic acids is 1. The number of rotatable bonds is 5. The number of carboxylic acids is 1. The molecule has 1 aliphatic rings. The second-order valence-electron chi connectivity index (χ2n) is 6.11. The SMILES string of the molecule is CCC(CC)[C@@](O)(C#Cc1cccc(C(=O)O)c1)C1(C#N)CC1. The molecule has 23 heavy (non-hydrogen) atoms. The van der Waals surface area contributed by atoms with Crippen LogP contribution < -0.4 is 0 Å². The molecule has 4 heteroatoms. The van der Waals surface area contributed by atoms with E-state index in [9.17, 15) is 15.2 Å². The van der Waals surface area contributed by atoms with E-state index in [0.717, 1.165) is 12.8 Å². The molecule has 0 radical (unpaired) electrons. The van der Waals surface area contributed by atoms with E-state index in [1.54, 1.807) is 12.1 Å². The van der Waals surface area contributed by atoms with E-state index in [1.807, 2.05) is 13.8 Å². The topological polar surface area (TPSA) is 81.3 Å². The molecule has 1 aromatic rings. The number of nitriles is 1. The Hall–Kier alpha value is -2.30. The van der Waals surface area contributed by atoms with Gasteiger partial charge in [-0.1, -0.05) is 31.8 Å². The van der Waals surface area contributed by atoms with Crippen molar-refractivity contribution in [2.75, 3.05) is 0 Å². The Morgan fingerprint density at radius 1 is 1.39 bits per heavy atom. The summed E-state index contributed by atoms with van der Waals surface area (Å²) in [6, 6.07) is 8.57. The summed E-state index contributed by atoms with van der Waals surface area (Å²) in [4.78, 5) is 11.0. The first-order valence-corrected chi connectivity index (χ1v) is 7.92. The molecule has 1 aliphatic carbocycles. The highest BCUT2D eigenvalue weighted by molar-refractivity contribution is 5.88. The van der Waals surface area contributed by atoms with Crippen molar-refractivity contribution in [3.05, 3.63) is 35.4 Å². The third-order valence-electron chi connectivity index (χ3n) is 4.78. The van der Waals surface area contributed by atoms with Crippen molar-refractivity contribution in [2.24, 2.45) is 11.3 Å². The molecule has 0 spiro atoms. The van der Waals surface area contributed by atoms with Crippen LogP contribution in [-0.2, 0) is 0 Å². The molecule has 1 aromatic carbocycles. The predicted molar refractivity (Wildman–Crippen MR) is 86.6 cm³/mol. The molecule has 120 valence electrons. The fraction of sp³-hybridized carbons (Fsp3) is 0.474. The minimum absolute atomic E-state index is 0.0835. The first-order chi connectivity index (χ1) is 10.9. The third-order valence-corrected chi connectivity index (χ3v) is 4.78. The van der Waals surface area contributed by atoms with Crippen LogP contribution in [0.25, 0.3) is 0 Å². The van der Waals surface area contributed by atoms with Crippen molar-refractivity contribution in [1.29, 1.82) is 5.26 Å². The smallest absolute Gasteiger partial charge is 0.335 e. The average Bonchev–Trinajstić information content (AvgIpc) is 3.36. The van der Waals surface area contributed by atoms with E-state index >= 15 is 0 Å². The van der Waals surface area contributed by atoms with Gasteiger partial charge >= 0.3 is 5.97 Å². The number of hydrogen-bond acceptors (Lipinski definition) is 3. The van der Waals surface area contributed by atoms with Gasteiger partial charge in [-0.15, -0.1) is 0 Å². The summed E-state index contributed by atoms with van der Waals surface area (Å²) in [6.45, 7) is 3.97. The van der Waals surface area contributed by atoms with Gasteiger partial charge in [0.1, 0.15) is 5.60 Å². The fourth-order valence-electron chi connectivity index (χ4n) is 3.09. The van der Waals surface area contributed by atoms with Crippen molar-refractivity contribution >= 4 is 5.97 Å². The highest BCUT2D eigenvalue weighted by atomic mass is 16.4. The lowest BCUT2D eigenvalue weighted by molar-refractivity contribution is -0.0123. The van der Waals surface area contributed by atoms with E-state index in [4.69, 9.17) is 5.11 Å². The van der Waals surface area contributed by atoms with Crippen molar-refractivity contribution in [3.8, 4) is 17.9 Å². The van der Waals surface area contributed by atoms with Gasteiger partial charge in [-0.3, -0.25) is 0 Å². The van der Waals surface area contributed by atoms with Crippen LogP contribution in [0.1, 0.15) is 55.5 Å². The molecule has 0 heterocycles. The van der Waals surface area contributed by atoms with Crippen LogP contribution in [0.4, 0.5) is 0 Å². The van der Waals surface area contributed by atoms with Crippen molar-refractivity contribution in [2.45, 2.75) is 45.1 Å². The van der Waals surface area contributed by atoms with Crippen LogP contribution in [0.5, 0.6) is 0 Å². The first kappa shape index (κ1) is 17.1. The molecule has 0 saturated heterocycles. The Morgan fingerprint density at radius 3 is 2.52 bits per heavy atom. The van der Waals surface area contributed by atoms with E-state index < -0.39 is 17.0 Å². The summed E-state index contributed by atoms with van der Waals surface area (Å²) < 4.78 is 0. The number of carboxylic acid groups (broad SMARTS) is 1. The molecule has 0 aliphatic heterocycles. The van der Waals surface area contributed by atoms with E-state index in [-0.39, 0.29) is 11.5 Å². The molecule has 0 bridgehead atoms. The van der Waals surface area contributed by atoms with Gasteiger partial charge in [-0.25, -0.2) is 4.79 Å². The summed E-state index contributed by atoms with van der Waals surface area (Å²) >= 11 is 0. The largest absolute Gasteiger partial charge is 0.478 e. The molecular formula is C19H21NO3. The summed E-state index contributed by atoms with van der Waals surface area (Å²) in [5, 5.41) is 29.7. The fourth-order valence-corrected chi connectivity index (χ4v) is 3.09. The van der Waals surface area contributed by atoms with Crippen LogP contribution in [0.15, 0.2) is 24.3 Å². The van der Waals surface area contributed by atoms with Crippen LogP contribution in [-0.4, -0.2) is 21.8 Å². The van der Waals surface area contributed by atoms with Crippen molar-refractivity contribution in [1.82, 2.24) is 0 Å². The van der Waals surface area contributed by atoms with Crippen molar-refractivity contribution < 1.29 is 15.0 Å². The second kappa shape index (κ2) is 6.44. The van der Waals surface area contributed by atoms with Crippen molar-refractivity contribution in [3.63, 3.8) is 0 Å². The quantitative estimate of drug-likeness (QED) is 0.818. The maximum absolute atomic E-state index is 11.2. The lowest BCUT2D eigenvalue weighted by atomic mass is 9.73.